The van der Waals surface area contributed by atoms with Gasteiger partial charge in [0.05, 0.1) is 22.3 Å². The molecule has 3 N–H and O–H groups in total. The zero-order chi connectivity index (χ0) is 45.4. The second kappa shape index (κ2) is 18.0. The fourth-order valence-corrected chi connectivity index (χ4v) is 8.91. The molecule has 6 aromatic rings. The second-order valence-electron chi connectivity index (χ2n) is 16.5. The highest BCUT2D eigenvalue weighted by Crippen LogP contribution is 2.33. The maximum atomic E-state index is 13.9. The van der Waals surface area contributed by atoms with Crippen molar-refractivity contribution in [2.24, 2.45) is 0 Å². The number of halogens is 4. The smallest absolute Gasteiger partial charge is 0.372 e. The first-order valence-electron chi connectivity index (χ1n) is 21.4. The number of aromatic amines is 2. The number of aryl methyl sites for hydroxylation is 2. The van der Waals surface area contributed by atoms with E-state index in [9.17, 15) is 37.1 Å². The molecule has 9 rings (SSSR count). The number of carbonyl (C=O) groups is 4. The van der Waals surface area contributed by atoms with Crippen LogP contribution in [0.2, 0.25) is 5.02 Å². The van der Waals surface area contributed by atoms with Gasteiger partial charge < -0.3 is 24.4 Å². The third-order valence-electron chi connectivity index (χ3n) is 12.3. The average Bonchev–Trinajstić information content (AvgIpc) is 3.97. The van der Waals surface area contributed by atoms with Gasteiger partial charge in [0.15, 0.2) is 0 Å². The maximum absolute atomic E-state index is 13.9. The lowest BCUT2D eigenvalue weighted by molar-refractivity contribution is -0.138. The molecule has 1 atom stereocenters. The van der Waals surface area contributed by atoms with Crippen molar-refractivity contribution in [3.8, 4) is 17.2 Å². The number of ether oxygens (including phenoxy) is 1. The molecule has 1 unspecified atom stereocenters. The van der Waals surface area contributed by atoms with Crippen molar-refractivity contribution in [3.63, 3.8) is 0 Å². The summed E-state index contributed by atoms with van der Waals surface area (Å²) in [6.45, 7) is 2.98. The molecule has 0 aliphatic carbocycles. The Morgan fingerprint density at radius 2 is 1.60 bits per heavy atom. The van der Waals surface area contributed by atoms with E-state index in [1.165, 1.54) is 21.7 Å². The number of piperazine rings is 1. The highest BCUT2D eigenvalue weighted by molar-refractivity contribution is 6.31. The van der Waals surface area contributed by atoms with Crippen LogP contribution in [0.25, 0.3) is 28.2 Å². The van der Waals surface area contributed by atoms with Gasteiger partial charge in [0.25, 0.3) is 11.5 Å². The summed E-state index contributed by atoms with van der Waals surface area (Å²) >= 11 is 6.15. The van der Waals surface area contributed by atoms with Crippen LogP contribution in [0, 0.1) is 0 Å². The van der Waals surface area contributed by atoms with Gasteiger partial charge in [-0.1, -0.05) is 48.0 Å². The molecule has 5 heterocycles. The summed E-state index contributed by atoms with van der Waals surface area (Å²) in [5.41, 5.74) is 5.68. The van der Waals surface area contributed by atoms with Gasteiger partial charge in [0.1, 0.15) is 12.6 Å². The van der Waals surface area contributed by atoms with E-state index in [1.807, 2.05) is 36.4 Å². The summed E-state index contributed by atoms with van der Waals surface area (Å²) in [5, 5.41) is 5.90. The minimum atomic E-state index is -4.50. The van der Waals surface area contributed by atoms with E-state index in [-0.39, 0.29) is 42.3 Å². The van der Waals surface area contributed by atoms with Crippen LogP contribution in [0.5, 0.6) is 0 Å². The fourth-order valence-electron chi connectivity index (χ4n) is 8.73. The van der Waals surface area contributed by atoms with Gasteiger partial charge in [-0.05, 0) is 103 Å². The lowest BCUT2D eigenvalue weighted by Gasteiger charge is -2.36. The number of H-pyrrole nitrogens is 2. The Morgan fingerprint density at radius 1 is 0.862 bits per heavy atom. The Balaban J connectivity index is 0.742. The molecule has 2 saturated heterocycles. The highest BCUT2D eigenvalue weighted by Gasteiger charge is 2.39. The lowest BCUT2D eigenvalue weighted by Crippen LogP contribution is -2.52. The SMILES string of the molecule is O=C1CCC(N2Cc3cc(N4CCN(C(=O)COCCCc5ccc(CCc6c(-c7ccc(C(F)(F)F)cc7)[nH]n(-c7nc8ccc(Cl)cc8[nH]7)c6=O)cc5)CC4)ccc3C2=O)C(=O)N1. The monoisotopic (exact) mass is 908 g/mol. The Labute approximate surface area is 375 Å². The molecule has 18 heteroatoms. The third kappa shape index (κ3) is 9.29. The summed E-state index contributed by atoms with van der Waals surface area (Å²) in [4.78, 5) is 77.1. The van der Waals surface area contributed by atoms with Crippen molar-refractivity contribution in [2.45, 2.75) is 57.3 Å². The number of hydrogen-bond acceptors (Lipinski definition) is 8. The van der Waals surface area contributed by atoms with E-state index in [0.717, 1.165) is 40.9 Å². The molecular formula is C47H44ClF3N8O6. The van der Waals surface area contributed by atoms with Gasteiger partial charge in [0, 0.05) is 67.6 Å². The van der Waals surface area contributed by atoms with Gasteiger partial charge in [0.2, 0.25) is 23.7 Å². The Hall–Kier alpha value is -6.72. The van der Waals surface area contributed by atoms with Gasteiger partial charge in [-0.15, -0.1) is 0 Å². The van der Waals surface area contributed by atoms with E-state index in [0.29, 0.717) is 103 Å². The average molecular weight is 909 g/mol. The van der Waals surface area contributed by atoms with E-state index < -0.39 is 23.7 Å². The van der Waals surface area contributed by atoms with Crippen LogP contribution in [0.1, 0.15) is 57.4 Å². The van der Waals surface area contributed by atoms with Crippen molar-refractivity contribution in [1.29, 1.82) is 0 Å². The van der Waals surface area contributed by atoms with Crippen molar-refractivity contribution in [1.82, 2.24) is 34.9 Å². The molecule has 0 spiro atoms. The maximum Gasteiger partial charge on any atom is 0.416 e. The first-order valence-corrected chi connectivity index (χ1v) is 21.8. The first-order chi connectivity index (χ1) is 31.3. The van der Waals surface area contributed by atoms with Crippen LogP contribution in [0.3, 0.4) is 0 Å². The van der Waals surface area contributed by atoms with E-state index in [2.05, 4.69) is 25.3 Å². The number of amides is 4. The number of hydrogen-bond donors (Lipinski definition) is 3. The molecule has 65 heavy (non-hydrogen) atoms. The molecule has 0 radical (unpaired) electrons. The number of fused-ring (bicyclic) bond motifs is 2. The van der Waals surface area contributed by atoms with Gasteiger partial charge in [-0.2, -0.15) is 17.9 Å². The molecule has 3 aliphatic heterocycles. The lowest BCUT2D eigenvalue weighted by atomic mass is 9.99. The fraction of sp³-hybridized carbons (Fsp3) is 0.319. The van der Waals surface area contributed by atoms with E-state index in [1.54, 1.807) is 29.2 Å². The molecule has 14 nitrogen and oxygen atoms in total. The largest absolute Gasteiger partial charge is 0.416 e. The number of imide groups is 1. The Morgan fingerprint density at radius 3 is 2.32 bits per heavy atom. The predicted octanol–water partition coefficient (Wildman–Crippen LogP) is 6.23. The minimum absolute atomic E-state index is 0.0178. The van der Waals surface area contributed by atoms with E-state index in [4.69, 9.17) is 16.3 Å². The van der Waals surface area contributed by atoms with Crippen LogP contribution in [0.4, 0.5) is 18.9 Å². The second-order valence-corrected chi connectivity index (χ2v) is 16.9. The molecule has 336 valence electrons. The van der Waals surface area contributed by atoms with Crippen molar-refractivity contribution < 1.29 is 37.1 Å². The molecule has 4 amide bonds. The Bertz CT molecular complexity index is 2850. The predicted molar refractivity (Wildman–Crippen MR) is 236 cm³/mol. The molecule has 2 aromatic heterocycles. The number of aromatic nitrogens is 4. The summed E-state index contributed by atoms with van der Waals surface area (Å²) < 4.78 is 47.1. The van der Waals surface area contributed by atoms with Crippen LogP contribution < -0.4 is 15.8 Å². The molecule has 4 aromatic carbocycles. The first kappa shape index (κ1) is 43.5. The van der Waals surface area contributed by atoms with Crippen LogP contribution in [-0.2, 0) is 51.1 Å². The summed E-state index contributed by atoms with van der Waals surface area (Å²) in [6.07, 6.45) is -1.75. The number of benzene rings is 4. The summed E-state index contributed by atoms with van der Waals surface area (Å²) in [6, 6.07) is 22.8. The number of piperidine rings is 1. The molecule has 2 fully saturated rings. The zero-order valence-electron chi connectivity index (χ0n) is 35.1. The minimum Gasteiger partial charge on any atom is -0.372 e. The number of imidazole rings is 1. The van der Waals surface area contributed by atoms with Crippen LogP contribution in [0.15, 0.2) is 89.7 Å². The van der Waals surface area contributed by atoms with Crippen molar-refractivity contribution >= 4 is 52.0 Å². The highest BCUT2D eigenvalue weighted by atomic mass is 35.5. The van der Waals surface area contributed by atoms with Crippen LogP contribution >= 0.6 is 11.6 Å². The number of alkyl halides is 3. The number of nitrogens with one attached hydrogen (secondary N) is 3. The molecule has 0 saturated carbocycles. The standard InChI is InChI=1S/C47H44ClF3N8O6/c48-33-12-16-37-38(25-33)53-46(52-37)59-45(64)36(42(55-59)30-8-10-32(11-9-30)47(49,50)51)14-7-29-5-3-28(4-6-29)2-1-23-65-27-41(61)57-21-19-56(20-22-57)34-13-15-35-31(24-34)26-58(44(35)63)39-17-18-40(60)54-43(39)62/h3-6,8-13,15-16,24-25,39,55H,1-2,7,14,17-23,26-27H2,(H,52,53)(H,54,60,62). The number of anilines is 1. The van der Waals surface area contributed by atoms with Gasteiger partial charge in [-0.25, -0.2) is 4.98 Å². The summed E-state index contributed by atoms with van der Waals surface area (Å²) in [5.74, 6) is -0.830. The van der Waals surface area contributed by atoms with E-state index >= 15 is 0 Å². The Kier molecular flexibility index (Phi) is 12.1. The molecule has 3 aliphatic rings. The normalized spacial score (nSPS) is 16.7. The van der Waals surface area contributed by atoms with Crippen LogP contribution in [-0.4, -0.2) is 98.6 Å². The van der Waals surface area contributed by atoms with Gasteiger partial charge in [-0.3, -0.25) is 34.4 Å². The number of carbonyl (C=O) groups excluding carboxylic acids is 4. The summed E-state index contributed by atoms with van der Waals surface area (Å²) in [7, 11) is 0. The topological polar surface area (TPSA) is 166 Å². The third-order valence-corrected chi connectivity index (χ3v) is 12.5. The van der Waals surface area contributed by atoms with Crippen molar-refractivity contribution in [2.75, 3.05) is 44.3 Å². The zero-order valence-corrected chi connectivity index (χ0v) is 35.8. The molecular weight excluding hydrogens is 865 g/mol. The molecule has 0 bridgehead atoms. The quantitative estimate of drug-likeness (QED) is 0.0908. The number of nitrogens with zero attached hydrogens (tertiary/aromatic N) is 5. The number of rotatable bonds is 13. The van der Waals surface area contributed by atoms with Gasteiger partial charge >= 0.3 is 6.18 Å². The van der Waals surface area contributed by atoms with Crippen molar-refractivity contribution in [3.05, 3.63) is 134 Å².